The lowest BCUT2D eigenvalue weighted by Crippen LogP contribution is -2.55. The van der Waals surface area contributed by atoms with Crippen LogP contribution in [0.4, 0.5) is 0 Å². The molecule has 2 saturated carbocycles. The summed E-state index contributed by atoms with van der Waals surface area (Å²) in [5.74, 6) is 1.85. The highest BCUT2D eigenvalue weighted by Crippen LogP contribution is 2.62. The quantitative estimate of drug-likeness (QED) is 0.620. The Kier molecular flexibility index (Phi) is 6.24. The second kappa shape index (κ2) is 9.29. The van der Waals surface area contributed by atoms with E-state index < -0.39 is 6.23 Å². The Morgan fingerprint density at radius 1 is 1.11 bits per heavy atom. The molecule has 0 aromatic heterocycles. The van der Waals surface area contributed by atoms with Crippen LogP contribution in [0, 0.1) is 28.6 Å². The number of aliphatic hydroxyl groups excluding tert-OH is 1. The molecular formula is C30H40N2O4. The highest BCUT2D eigenvalue weighted by Gasteiger charge is 2.58. The van der Waals surface area contributed by atoms with Gasteiger partial charge in [-0.25, -0.2) is 0 Å². The van der Waals surface area contributed by atoms with Crippen LogP contribution < -0.4 is 0 Å². The standard InChI is InChI=1S/C30H40N2O4/c1-29-12-6-9-22(29)21-17-31-27-26(24(33)11-14-30(27,2)23(21)10-13-29)28(34)32(25-19-35-15-16-36-25)18-20-7-4-3-5-8-20/h3-5,7-8,21-23,25,33H,6,9-19H2,1-2H3/t21-,22-,23+,25?,29-,30+/m0/s1. The number of carbonyl (C=O) groups excluding carboxylic acids is 1. The van der Waals surface area contributed by atoms with Gasteiger partial charge in [-0.2, -0.15) is 0 Å². The van der Waals surface area contributed by atoms with Crippen LogP contribution >= 0.6 is 0 Å². The highest BCUT2D eigenvalue weighted by atomic mass is 16.6. The summed E-state index contributed by atoms with van der Waals surface area (Å²) >= 11 is 0. The first kappa shape index (κ1) is 24.2. The summed E-state index contributed by atoms with van der Waals surface area (Å²) in [7, 11) is 0. The third-order valence-corrected chi connectivity index (χ3v) is 10.3. The van der Waals surface area contributed by atoms with Crippen molar-refractivity contribution in [2.45, 2.75) is 71.6 Å². The summed E-state index contributed by atoms with van der Waals surface area (Å²) in [6, 6.07) is 9.98. The lowest BCUT2D eigenvalue weighted by atomic mass is 9.50. The van der Waals surface area contributed by atoms with E-state index in [1.54, 1.807) is 4.90 Å². The van der Waals surface area contributed by atoms with Crippen molar-refractivity contribution >= 4 is 11.6 Å². The van der Waals surface area contributed by atoms with Crippen LogP contribution in [0.3, 0.4) is 0 Å². The second-order valence-electron chi connectivity index (χ2n) is 12.2. The number of hydrogen-bond donors (Lipinski definition) is 1. The topological polar surface area (TPSA) is 71.4 Å². The van der Waals surface area contributed by atoms with Gasteiger partial charge in [-0.15, -0.1) is 0 Å². The van der Waals surface area contributed by atoms with E-state index in [2.05, 4.69) is 13.8 Å². The van der Waals surface area contributed by atoms with Crippen molar-refractivity contribution in [2.75, 3.05) is 26.4 Å². The monoisotopic (exact) mass is 492 g/mol. The van der Waals surface area contributed by atoms with Crippen molar-refractivity contribution in [3.63, 3.8) is 0 Å². The Morgan fingerprint density at radius 3 is 2.72 bits per heavy atom. The van der Waals surface area contributed by atoms with E-state index in [0.29, 0.717) is 55.6 Å². The van der Waals surface area contributed by atoms with E-state index in [0.717, 1.165) is 30.2 Å². The number of benzene rings is 1. The van der Waals surface area contributed by atoms with E-state index in [-0.39, 0.29) is 17.1 Å². The van der Waals surface area contributed by atoms with Crippen molar-refractivity contribution in [1.29, 1.82) is 0 Å². The second-order valence-corrected chi connectivity index (χ2v) is 12.2. The Balaban J connectivity index is 1.34. The fourth-order valence-electron chi connectivity index (χ4n) is 8.30. The van der Waals surface area contributed by atoms with Gasteiger partial charge in [0.25, 0.3) is 5.91 Å². The summed E-state index contributed by atoms with van der Waals surface area (Å²) in [6.45, 7) is 7.33. The number of nitrogens with zero attached hydrogens (tertiary/aromatic N) is 2. The van der Waals surface area contributed by atoms with Gasteiger partial charge in [-0.3, -0.25) is 9.79 Å². The molecule has 1 N–H and O–H groups in total. The maximum absolute atomic E-state index is 14.3. The van der Waals surface area contributed by atoms with Crippen LogP contribution in [-0.2, 0) is 20.8 Å². The lowest BCUT2D eigenvalue weighted by molar-refractivity contribution is -0.171. The van der Waals surface area contributed by atoms with Crippen molar-refractivity contribution in [1.82, 2.24) is 4.90 Å². The van der Waals surface area contributed by atoms with Crippen molar-refractivity contribution in [3.05, 3.63) is 47.2 Å². The van der Waals surface area contributed by atoms with Crippen molar-refractivity contribution in [2.24, 2.45) is 33.6 Å². The average molecular weight is 493 g/mol. The Hall–Kier alpha value is -2.18. The van der Waals surface area contributed by atoms with E-state index in [1.165, 1.54) is 32.1 Å². The van der Waals surface area contributed by atoms with Gasteiger partial charge in [0.1, 0.15) is 5.76 Å². The van der Waals surface area contributed by atoms with Crippen LogP contribution in [-0.4, -0.2) is 54.2 Å². The number of hydrogen-bond acceptors (Lipinski definition) is 5. The molecule has 194 valence electrons. The zero-order valence-electron chi connectivity index (χ0n) is 21.7. The first-order valence-electron chi connectivity index (χ1n) is 13.9. The normalized spacial score (nSPS) is 38.0. The molecule has 6 heteroatoms. The maximum atomic E-state index is 14.3. The van der Waals surface area contributed by atoms with Crippen LogP contribution in [0.2, 0.25) is 0 Å². The summed E-state index contributed by atoms with van der Waals surface area (Å²) in [5, 5.41) is 11.2. The fraction of sp³-hybridized carbons (Fsp3) is 0.667. The molecule has 36 heavy (non-hydrogen) atoms. The molecular weight excluding hydrogens is 452 g/mol. The molecule has 2 aliphatic heterocycles. The number of amides is 1. The number of fused-ring (bicyclic) bond motifs is 5. The largest absolute Gasteiger partial charge is 0.511 e. The predicted octanol–water partition coefficient (Wildman–Crippen LogP) is 5.29. The first-order chi connectivity index (χ1) is 17.4. The lowest BCUT2D eigenvalue weighted by Gasteiger charge is -2.56. The molecule has 1 saturated heterocycles. The summed E-state index contributed by atoms with van der Waals surface area (Å²) in [5.41, 5.74) is 2.57. The maximum Gasteiger partial charge on any atom is 0.261 e. The minimum atomic E-state index is -0.481. The summed E-state index contributed by atoms with van der Waals surface area (Å²) < 4.78 is 11.7. The van der Waals surface area contributed by atoms with E-state index >= 15 is 0 Å². The van der Waals surface area contributed by atoms with Crippen LogP contribution in [0.1, 0.15) is 64.4 Å². The number of aliphatic imine (C=N–C) groups is 1. The summed E-state index contributed by atoms with van der Waals surface area (Å²) in [4.78, 5) is 21.2. The van der Waals surface area contributed by atoms with E-state index in [9.17, 15) is 9.90 Å². The fourth-order valence-corrected chi connectivity index (χ4v) is 8.30. The molecule has 1 amide bonds. The van der Waals surface area contributed by atoms with Crippen molar-refractivity contribution in [3.8, 4) is 0 Å². The highest BCUT2D eigenvalue weighted by molar-refractivity contribution is 6.24. The number of rotatable bonds is 4. The molecule has 0 bridgehead atoms. The number of ether oxygens (including phenoxy) is 2. The molecule has 3 fully saturated rings. The molecule has 1 unspecified atom stereocenters. The van der Waals surface area contributed by atoms with Crippen molar-refractivity contribution < 1.29 is 19.4 Å². The molecule has 1 aromatic carbocycles. The van der Waals surface area contributed by atoms with Gasteiger partial charge in [0.05, 0.1) is 31.1 Å². The van der Waals surface area contributed by atoms with Gasteiger partial charge in [-0.05, 0) is 60.8 Å². The SMILES string of the molecule is C[C@@]12CCC[C@H]1[C@@H]1CN=C3C(C(=O)N(Cc4ccccc4)C4COCCO4)=C(O)CC[C@]3(C)[C@@H]1CC2. The van der Waals surface area contributed by atoms with E-state index in [4.69, 9.17) is 14.5 Å². The third kappa shape index (κ3) is 3.92. The smallest absolute Gasteiger partial charge is 0.261 e. The minimum absolute atomic E-state index is 0.174. The molecule has 0 spiro atoms. The number of aliphatic hydroxyl groups is 1. The Bertz CT molecular complexity index is 1060. The van der Waals surface area contributed by atoms with Gasteiger partial charge in [0, 0.05) is 24.9 Å². The van der Waals surface area contributed by atoms with Crippen LogP contribution in [0.15, 0.2) is 46.7 Å². The number of carbonyl (C=O) groups is 1. The average Bonchev–Trinajstić information content (AvgIpc) is 3.30. The zero-order valence-corrected chi connectivity index (χ0v) is 21.7. The van der Waals surface area contributed by atoms with Gasteiger partial charge < -0.3 is 19.5 Å². The number of allylic oxidation sites excluding steroid dienone is 1. The minimum Gasteiger partial charge on any atom is -0.511 e. The molecule has 5 aliphatic rings. The third-order valence-electron chi connectivity index (χ3n) is 10.3. The Labute approximate surface area is 214 Å². The molecule has 3 aliphatic carbocycles. The molecule has 6 nitrogen and oxygen atoms in total. The predicted molar refractivity (Wildman–Crippen MR) is 139 cm³/mol. The van der Waals surface area contributed by atoms with Gasteiger partial charge >= 0.3 is 0 Å². The molecule has 1 aromatic rings. The zero-order chi connectivity index (χ0) is 24.9. The van der Waals surface area contributed by atoms with Gasteiger partial charge in [-0.1, -0.05) is 50.6 Å². The molecule has 6 atom stereocenters. The van der Waals surface area contributed by atoms with Crippen LogP contribution in [0.5, 0.6) is 0 Å². The molecule has 2 heterocycles. The Morgan fingerprint density at radius 2 is 1.94 bits per heavy atom. The summed E-state index contributed by atoms with van der Waals surface area (Å²) in [6.07, 6.45) is 7.37. The van der Waals surface area contributed by atoms with Gasteiger partial charge in [0.15, 0.2) is 6.23 Å². The molecule has 6 rings (SSSR count). The van der Waals surface area contributed by atoms with Crippen LogP contribution in [0.25, 0.3) is 0 Å². The van der Waals surface area contributed by atoms with E-state index in [1.807, 2.05) is 30.3 Å². The molecule has 0 radical (unpaired) electrons. The van der Waals surface area contributed by atoms with Gasteiger partial charge in [0.2, 0.25) is 0 Å². The first-order valence-corrected chi connectivity index (χ1v) is 13.9.